The standard InChI is InChI=1S/C20H23N5O3/c1-3-18-23-19(24-28-18)14-4-6-16-13(10-14)5-7-17(16)22-20(26)15-11-21-25(12-15)8-9-27-2/h4,6,10-12,17H,3,5,7-9H2,1-2H3,(H,22,26). The Morgan fingerprint density at radius 2 is 2.32 bits per heavy atom. The number of hydrogen-bond donors (Lipinski definition) is 1. The van der Waals surface area contributed by atoms with Crippen LogP contribution in [0.4, 0.5) is 0 Å². The number of benzene rings is 1. The zero-order chi connectivity index (χ0) is 19.5. The zero-order valence-electron chi connectivity index (χ0n) is 16.0. The molecule has 8 heteroatoms. The molecule has 8 nitrogen and oxygen atoms in total. The van der Waals surface area contributed by atoms with Crippen molar-refractivity contribution in [3.8, 4) is 11.4 Å². The fourth-order valence-corrected chi connectivity index (χ4v) is 3.45. The lowest BCUT2D eigenvalue weighted by Gasteiger charge is -2.13. The van der Waals surface area contributed by atoms with Gasteiger partial charge < -0.3 is 14.6 Å². The van der Waals surface area contributed by atoms with Crippen LogP contribution in [0.15, 0.2) is 35.1 Å². The van der Waals surface area contributed by atoms with Gasteiger partial charge in [-0.25, -0.2) is 0 Å². The summed E-state index contributed by atoms with van der Waals surface area (Å²) in [6, 6.07) is 6.12. The third kappa shape index (κ3) is 3.68. The quantitative estimate of drug-likeness (QED) is 0.676. The topological polar surface area (TPSA) is 95.1 Å². The Morgan fingerprint density at radius 1 is 1.43 bits per heavy atom. The van der Waals surface area contributed by atoms with Gasteiger partial charge in [0, 0.05) is 25.3 Å². The van der Waals surface area contributed by atoms with E-state index in [1.807, 2.05) is 19.1 Å². The molecule has 28 heavy (non-hydrogen) atoms. The maximum atomic E-state index is 12.6. The van der Waals surface area contributed by atoms with Crippen molar-refractivity contribution in [3.05, 3.63) is 53.2 Å². The molecule has 0 radical (unpaired) electrons. The number of amides is 1. The fourth-order valence-electron chi connectivity index (χ4n) is 3.45. The molecule has 1 aliphatic carbocycles. The molecule has 1 aliphatic rings. The maximum absolute atomic E-state index is 12.6. The summed E-state index contributed by atoms with van der Waals surface area (Å²) in [6.45, 7) is 3.16. The summed E-state index contributed by atoms with van der Waals surface area (Å²) >= 11 is 0. The van der Waals surface area contributed by atoms with E-state index >= 15 is 0 Å². The number of aryl methyl sites for hydroxylation is 2. The van der Waals surface area contributed by atoms with Crippen LogP contribution in [0.3, 0.4) is 0 Å². The second kappa shape index (κ2) is 7.93. The van der Waals surface area contributed by atoms with Crippen molar-refractivity contribution < 1.29 is 14.1 Å². The van der Waals surface area contributed by atoms with Crippen LogP contribution in [0.1, 0.15) is 46.8 Å². The van der Waals surface area contributed by atoms with Crippen LogP contribution in [-0.4, -0.2) is 39.5 Å². The average Bonchev–Trinajstić information content (AvgIpc) is 3.45. The van der Waals surface area contributed by atoms with Crippen molar-refractivity contribution in [2.24, 2.45) is 0 Å². The number of methoxy groups -OCH3 is 1. The predicted octanol–water partition coefficient (Wildman–Crippen LogP) is 2.56. The Hall–Kier alpha value is -3.00. The van der Waals surface area contributed by atoms with Crippen molar-refractivity contribution in [3.63, 3.8) is 0 Å². The zero-order valence-corrected chi connectivity index (χ0v) is 16.0. The van der Waals surface area contributed by atoms with Gasteiger partial charge in [-0.2, -0.15) is 10.1 Å². The molecule has 0 bridgehead atoms. The predicted molar refractivity (Wildman–Crippen MR) is 102 cm³/mol. The summed E-state index contributed by atoms with van der Waals surface area (Å²) in [5, 5.41) is 11.4. The van der Waals surface area contributed by atoms with E-state index in [-0.39, 0.29) is 11.9 Å². The molecule has 1 atom stereocenters. The van der Waals surface area contributed by atoms with Gasteiger partial charge in [-0.1, -0.05) is 24.2 Å². The van der Waals surface area contributed by atoms with Crippen molar-refractivity contribution in [1.29, 1.82) is 0 Å². The van der Waals surface area contributed by atoms with Crippen molar-refractivity contribution in [2.45, 2.75) is 38.8 Å². The van der Waals surface area contributed by atoms with Crippen LogP contribution in [0.2, 0.25) is 0 Å². The van der Waals surface area contributed by atoms with E-state index in [2.05, 4.69) is 26.6 Å². The summed E-state index contributed by atoms with van der Waals surface area (Å²) in [5.41, 5.74) is 3.85. The molecule has 0 fully saturated rings. The van der Waals surface area contributed by atoms with Gasteiger partial charge in [0.05, 0.1) is 31.0 Å². The molecule has 4 rings (SSSR count). The van der Waals surface area contributed by atoms with Crippen molar-refractivity contribution in [2.75, 3.05) is 13.7 Å². The molecule has 2 aromatic heterocycles. The molecular formula is C20H23N5O3. The Bertz CT molecular complexity index is 978. The van der Waals surface area contributed by atoms with Gasteiger partial charge in [-0.3, -0.25) is 9.48 Å². The number of rotatable bonds is 7. The van der Waals surface area contributed by atoms with Crippen LogP contribution in [0, 0.1) is 0 Å². The minimum atomic E-state index is -0.114. The van der Waals surface area contributed by atoms with E-state index in [4.69, 9.17) is 9.26 Å². The first-order valence-electron chi connectivity index (χ1n) is 9.46. The highest BCUT2D eigenvalue weighted by Crippen LogP contribution is 2.33. The largest absolute Gasteiger partial charge is 0.383 e. The van der Waals surface area contributed by atoms with Crippen LogP contribution >= 0.6 is 0 Å². The molecule has 2 heterocycles. The second-order valence-electron chi connectivity index (χ2n) is 6.83. The summed E-state index contributed by atoms with van der Waals surface area (Å²) < 4.78 is 11.9. The highest BCUT2D eigenvalue weighted by Gasteiger charge is 2.25. The molecule has 1 aromatic carbocycles. The van der Waals surface area contributed by atoms with Gasteiger partial charge in [0.15, 0.2) is 0 Å². The van der Waals surface area contributed by atoms with E-state index in [1.54, 1.807) is 24.2 Å². The normalized spacial score (nSPS) is 15.6. The number of carbonyl (C=O) groups excluding carboxylic acids is 1. The third-order valence-electron chi connectivity index (χ3n) is 4.97. The van der Waals surface area contributed by atoms with E-state index in [0.717, 1.165) is 24.0 Å². The molecule has 146 valence electrons. The van der Waals surface area contributed by atoms with E-state index < -0.39 is 0 Å². The minimum absolute atomic E-state index is 0.00431. The molecule has 0 aliphatic heterocycles. The van der Waals surface area contributed by atoms with Gasteiger partial charge >= 0.3 is 0 Å². The number of nitrogens with one attached hydrogen (secondary N) is 1. The van der Waals surface area contributed by atoms with Crippen molar-refractivity contribution >= 4 is 5.91 Å². The second-order valence-corrected chi connectivity index (χ2v) is 6.83. The molecule has 1 amide bonds. The number of carbonyl (C=O) groups is 1. The SMILES string of the molecule is CCc1nc(-c2ccc3c(c2)CCC3NC(=O)c2cnn(CCOC)c2)no1. The summed E-state index contributed by atoms with van der Waals surface area (Å²) in [4.78, 5) is 17.0. The number of hydrogen-bond acceptors (Lipinski definition) is 6. The fraction of sp³-hybridized carbons (Fsp3) is 0.400. The van der Waals surface area contributed by atoms with Gasteiger partial charge in [0.2, 0.25) is 11.7 Å². The van der Waals surface area contributed by atoms with Gasteiger partial charge in [0.1, 0.15) is 0 Å². The van der Waals surface area contributed by atoms with Gasteiger partial charge in [-0.05, 0) is 30.0 Å². The maximum Gasteiger partial charge on any atom is 0.254 e. The molecule has 1 unspecified atom stereocenters. The molecule has 0 saturated heterocycles. The molecule has 3 aromatic rings. The average molecular weight is 381 g/mol. The number of nitrogens with zero attached hydrogens (tertiary/aromatic N) is 4. The van der Waals surface area contributed by atoms with Crippen LogP contribution in [-0.2, 0) is 24.1 Å². The third-order valence-corrected chi connectivity index (χ3v) is 4.97. The number of aromatic nitrogens is 4. The van der Waals surface area contributed by atoms with E-state index in [1.165, 1.54) is 5.56 Å². The van der Waals surface area contributed by atoms with Crippen LogP contribution < -0.4 is 5.32 Å². The Kier molecular flexibility index (Phi) is 5.21. The lowest BCUT2D eigenvalue weighted by molar-refractivity contribution is 0.0936. The lowest BCUT2D eigenvalue weighted by atomic mass is 10.0. The van der Waals surface area contributed by atoms with Crippen molar-refractivity contribution in [1.82, 2.24) is 25.2 Å². The number of fused-ring (bicyclic) bond motifs is 1. The monoisotopic (exact) mass is 381 g/mol. The highest BCUT2D eigenvalue weighted by atomic mass is 16.5. The minimum Gasteiger partial charge on any atom is -0.383 e. The van der Waals surface area contributed by atoms with Gasteiger partial charge in [-0.15, -0.1) is 0 Å². The molecule has 0 spiro atoms. The lowest BCUT2D eigenvalue weighted by Crippen LogP contribution is -2.26. The Morgan fingerprint density at radius 3 is 3.11 bits per heavy atom. The smallest absolute Gasteiger partial charge is 0.254 e. The van der Waals surface area contributed by atoms with Gasteiger partial charge in [0.25, 0.3) is 5.91 Å². The highest BCUT2D eigenvalue weighted by molar-refractivity contribution is 5.94. The van der Waals surface area contributed by atoms with E-state index in [9.17, 15) is 4.79 Å². The first kappa shape index (κ1) is 18.4. The van der Waals surface area contributed by atoms with Crippen LogP contribution in [0.5, 0.6) is 0 Å². The molecule has 0 saturated carbocycles. The van der Waals surface area contributed by atoms with Crippen LogP contribution in [0.25, 0.3) is 11.4 Å². The first-order chi connectivity index (χ1) is 13.7. The van der Waals surface area contributed by atoms with E-state index in [0.29, 0.717) is 36.9 Å². The molecule has 1 N–H and O–H groups in total. The molecular weight excluding hydrogens is 358 g/mol. The summed E-state index contributed by atoms with van der Waals surface area (Å²) in [7, 11) is 1.64. The number of ether oxygens (including phenoxy) is 1. The summed E-state index contributed by atoms with van der Waals surface area (Å²) in [6.07, 6.45) is 5.82. The Balaban J connectivity index is 1.45. The first-order valence-corrected chi connectivity index (χ1v) is 9.46. The summed E-state index contributed by atoms with van der Waals surface area (Å²) in [5.74, 6) is 1.12. The Labute approximate surface area is 162 Å².